The second-order valence-corrected chi connectivity index (χ2v) is 5.15. The van der Waals surface area contributed by atoms with E-state index in [1.54, 1.807) is 12.1 Å². The monoisotopic (exact) mass is 264 g/mol. The van der Waals surface area contributed by atoms with Crippen molar-refractivity contribution in [2.45, 2.75) is 32.1 Å². The lowest BCUT2D eigenvalue weighted by atomic mass is 9.96. The summed E-state index contributed by atoms with van der Waals surface area (Å²) in [4.78, 5) is 0. The molecule has 0 aliphatic rings. The van der Waals surface area contributed by atoms with Gasteiger partial charge in [-0.1, -0.05) is 43.5 Å². The Morgan fingerprint density at radius 2 is 1.93 bits per heavy atom. The molecule has 1 aromatic carbocycles. The van der Waals surface area contributed by atoms with Gasteiger partial charge in [0.05, 0.1) is 5.38 Å². The minimum absolute atomic E-state index is 0.0591. The van der Waals surface area contributed by atoms with Gasteiger partial charge < -0.3 is 0 Å². The van der Waals surface area contributed by atoms with Crippen molar-refractivity contribution in [2.75, 3.05) is 0 Å². The van der Waals surface area contributed by atoms with E-state index in [1.165, 1.54) is 0 Å². The van der Waals surface area contributed by atoms with Gasteiger partial charge in [-0.05, 0) is 36.1 Å². The Morgan fingerprint density at radius 1 is 1.27 bits per heavy atom. The molecule has 0 nitrogen and oxygen atoms in total. The van der Waals surface area contributed by atoms with Crippen LogP contribution in [-0.4, -0.2) is 0 Å². The van der Waals surface area contributed by atoms with Crippen LogP contribution in [0.4, 0.5) is 0 Å². The smallest absolute Gasteiger partial charge is 0.0625 e. The van der Waals surface area contributed by atoms with Crippen molar-refractivity contribution in [1.82, 2.24) is 0 Å². The number of benzene rings is 1. The molecule has 0 N–H and O–H groups in total. The lowest BCUT2D eigenvalue weighted by Crippen LogP contribution is -2.04. The quantitative estimate of drug-likeness (QED) is 0.612. The van der Waals surface area contributed by atoms with Gasteiger partial charge >= 0.3 is 0 Å². The molecule has 0 aliphatic heterocycles. The zero-order chi connectivity index (χ0) is 11.4. The van der Waals surface area contributed by atoms with Crippen molar-refractivity contribution >= 4 is 34.8 Å². The van der Waals surface area contributed by atoms with Gasteiger partial charge in [0.1, 0.15) is 0 Å². The lowest BCUT2D eigenvalue weighted by molar-refractivity contribution is 0.507. The minimum Gasteiger partial charge on any atom is -0.117 e. The Bertz CT molecular complexity index is 323. The molecule has 0 saturated heterocycles. The van der Waals surface area contributed by atoms with E-state index >= 15 is 0 Å². The first-order valence-electron chi connectivity index (χ1n) is 5.15. The molecule has 0 aliphatic carbocycles. The van der Waals surface area contributed by atoms with Gasteiger partial charge in [0.15, 0.2) is 0 Å². The SMILES string of the molecule is CCCC(C)C(Cl)c1cc(Cl)ccc1Cl. The molecule has 0 aromatic heterocycles. The van der Waals surface area contributed by atoms with Crippen LogP contribution < -0.4 is 0 Å². The predicted molar refractivity (Wildman–Crippen MR) is 69.1 cm³/mol. The fourth-order valence-electron chi connectivity index (χ4n) is 1.63. The summed E-state index contributed by atoms with van der Waals surface area (Å²) in [5.74, 6) is 0.410. The third-order valence-electron chi connectivity index (χ3n) is 2.50. The zero-order valence-electron chi connectivity index (χ0n) is 8.93. The largest absolute Gasteiger partial charge is 0.117 e. The van der Waals surface area contributed by atoms with E-state index in [0.717, 1.165) is 18.4 Å². The maximum atomic E-state index is 6.37. The van der Waals surface area contributed by atoms with Crippen LogP contribution in [0.2, 0.25) is 10.0 Å². The van der Waals surface area contributed by atoms with Crippen LogP contribution in [0, 0.1) is 5.92 Å². The second-order valence-electron chi connectivity index (χ2n) is 3.83. The molecular weight excluding hydrogens is 250 g/mol. The predicted octanol–water partition coefficient (Wildman–Crippen LogP) is 5.71. The average Bonchev–Trinajstić information content (AvgIpc) is 2.21. The molecule has 3 heteroatoms. The van der Waals surface area contributed by atoms with E-state index < -0.39 is 0 Å². The van der Waals surface area contributed by atoms with Crippen LogP contribution in [0.25, 0.3) is 0 Å². The Kier molecular flexibility index (Phi) is 5.25. The van der Waals surface area contributed by atoms with Gasteiger partial charge in [-0.3, -0.25) is 0 Å². The lowest BCUT2D eigenvalue weighted by Gasteiger charge is -2.18. The van der Waals surface area contributed by atoms with Gasteiger partial charge in [0.2, 0.25) is 0 Å². The second kappa shape index (κ2) is 5.98. The van der Waals surface area contributed by atoms with Crippen LogP contribution >= 0.6 is 34.8 Å². The first-order chi connectivity index (χ1) is 7.06. The summed E-state index contributed by atoms with van der Waals surface area (Å²) in [7, 11) is 0. The highest BCUT2D eigenvalue weighted by Gasteiger charge is 2.18. The number of alkyl halides is 1. The topological polar surface area (TPSA) is 0 Å². The summed E-state index contributed by atoms with van der Waals surface area (Å²) in [5.41, 5.74) is 0.937. The summed E-state index contributed by atoms with van der Waals surface area (Å²) >= 11 is 18.4. The molecule has 0 amide bonds. The molecule has 0 bridgehead atoms. The van der Waals surface area contributed by atoms with Crippen molar-refractivity contribution in [1.29, 1.82) is 0 Å². The maximum Gasteiger partial charge on any atom is 0.0625 e. The molecule has 0 saturated carbocycles. The van der Waals surface area contributed by atoms with E-state index in [1.807, 2.05) is 6.07 Å². The van der Waals surface area contributed by atoms with Gasteiger partial charge in [0.25, 0.3) is 0 Å². The Balaban J connectivity index is 2.89. The van der Waals surface area contributed by atoms with Crippen molar-refractivity contribution in [3.63, 3.8) is 0 Å². The summed E-state index contributed by atoms with van der Waals surface area (Å²) in [6, 6.07) is 5.43. The van der Waals surface area contributed by atoms with Crippen LogP contribution in [0.3, 0.4) is 0 Å². The van der Waals surface area contributed by atoms with Gasteiger partial charge in [0, 0.05) is 10.0 Å². The molecule has 0 spiro atoms. The third kappa shape index (κ3) is 3.55. The van der Waals surface area contributed by atoms with E-state index in [0.29, 0.717) is 16.0 Å². The highest BCUT2D eigenvalue weighted by atomic mass is 35.5. The first kappa shape index (κ1) is 13.2. The Labute approximate surface area is 107 Å². The van der Waals surface area contributed by atoms with E-state index in [2.05, 4.69) is 13.8 Å². The van der Waals surface area contributed by atoms with Crippen molar-refractivity contribution in [2.24, 2.45) is 5.92 Å². The third-order valence-corrected chi connectivity index (χ3v) is 3.74. The Morgan fingerprint density at radius 3 is 2.53 bits per heavy atom. The number of halogens is 3. The first-order valence-corrected chi connectivity index (χ1v) is 6.34. The number of hydrogen-bond donors (Lipinski definition) is 0. The van der Waals surface area contributed by atoms with Gasteiger partial charge in [-0.2, -0.15) is 0 Å². The average molecular weight is 266 g/mol. The molecule has 2 atom stereocenters. The van der Waals surface area contributed by atoms with Crippen LogP contribution in [0.5, 0.6) is 0 Å². The molecule has 1 rings (SSSR count). The summed E-state index contributed by atoms with van der Waals surface area (Å²) < 4.78 is 0. The standard InChI is InChI=1S/C12H15Cl3/c1-3-4-8(2)12(15)10-7-9(13)5-6-11(10)14/h5-8,12H,3-4H2,1-2H3. The fraction of sp³-hybridized carbons (Fsp3) is 0.500. The molecule has 2 unspecified atom stereocenters. The molecule has 15 heavy (non-hydrogen) atoms. The summed E-state index contributed by atoms with van der Waals surface area (Å²) in [6.07, 6.45) is 2.22. The van der Waals surface area contributed by atoms with Crippen LogP contribution in [0.1, 0.15) is 37.6 Å². The normalized spacial score (nSPS) is 15.0. The van der Waals surface area contributed by atoms with Crippen molar-refractivity contribution in [3.8, 4) is 0 Å². The zero-order valence-corrected chi connectivity index (χ0v) is 11.2. The van der Waals surface area contributed by atoms with E-state index in [-0.39, 0.29) is 5.38 Å². The van der Waals surface area contributed by atoms with E-state index in [9.17, 15) is 0 Å². The molecule has 1 aromatic rings. The van der Waals surface area contributed by atoms with Crippen molar-refractivity contribution in [3.05, 3.63) is 33.8 Å². The molecule has 0 fully saturated rings. The number of hydrogen-bond acceptors (Lipinski definition) is 0. The fourth-order valence-corrected chi connectivity index (χ4v) is 2.41. The molecule has 0 radical (unpaired) electrons. The van der Waals surface area contributed by atoms with Crippen LogP contribution in [-0.2, 0) is 0 Å². The Hall–Kier alpha value is 0.0900. The maximum absolute atomic E-state index is 6.37. The molecular formula is C12H15Cl3. The molecule has 0 heterocycles. The minimum atomic E-state index is -0.0591. The van der Waals surface area contributed by atoms with Gasteiger partial charge in [-0.25, -0.2) is 0 Å². The highest BCUT2D eigenvalue weighted by Crippen LogP contribution is 2.36. The number of rotatable bonds is 4. The van der Waals surface area contributed by atoms with Crippen molar-refractivity contribution < 1.29 is 0 Å². The highest BCUT2D eigenvalue weighted by molar-refractivity contribution is 6.34. The summed E-state index contributed by atoms with van der Waals surface area (Å²) in [5, 5.41) is 1.32. The van der Waals surface area contributed by atoms with Gasteiger partial charge in [-0.15, -0.1) is 11.6 Å². The summed E-state index contributed by atoms with van der Waals surface area (Å²) in [6.45, 7) is 4.29. The molecule has 84 valence electrons. The van der Waals surface area contributed by atoms with E-state index in [4.69, 9.17) is 34.8 Å². The van der Waals surface area contributed by atoms with Crippen LogP contribution in [0.15, 0.2) is 18.2 Å².